The molecule has 18 heavy (non-hydrogen) atoms. The minimum Gasteiger partial charge on any atom is -0.323 e. The van der Waals surface area contributed by atoms with Crippen molar-refractivity contribution in [2.75, 3.05) is 7.05 Å². The molecule has 2 nitrogen and oxygen atoms in total. The molecule has 0 saturated carbocycles. The molecule has 1 aromatic carbocycles. The second-order valence-corrected chi connectivity index (χ2v) is 6.67. The van der Waals surface area contributed by atoms with Gasteiger partial charge in [-0.3, -0.25) is 0 Å². The maximum atomic E-state index is 6.64. The summed E-state index contributed by atoms with van der Waals surface area (Å²) < 4.78 is 0. The van der Waals surface area contributed by atoms with E-state index in [-0.39, 0.29) is 6.04 Å². The highest BCUT2D eigenvalue weighted by Gasteiger charge is 2.52. The number of fused-ring (bicyclic) bond motifs is 3. The van der Waals surface area contributed by atoms with Gasteiger partial charge >= 0.3 is 0 Å². The molecule has 2 N–H and O–H groups in total. The largest absolute Gasteiger partial charge is 0.323 e. The van der Waals surface area contributed by atoms with E-state index in [1.54, 1.807) is 0 Å². The number of piperidine rings is 1. The molecule has 3 aliphatic rings. The third-order valence-electron chi connectivity index (χ3n) is 5.86. The summed E-state index contributed by atoms with van der Waals surface area (Å²) in [5, 5.41) is 0. The second-order valence-electron chi connectivity index (χ2n) is 6.67. The third-order valence-corrected chi connectivity index (χ3v) is 5.86. The summed E-state index contributed by atoms with van der Waals surface area (Å²) >= 11 is 0. The van der Waals surface area contributed by atoms with Crippen LogP contribution >= 0.6 is 0 Å². The maximum absolute atomic E-state index is 6.64. The summed E-state index contributed by atoms with van der Waals surface area (Å²) in [5.41, 5.74) is 9.92. The van der Waals surface area contributed by atoms with E-state index in [0.717, 1.165) is 12.1 Å². The highest BCUT2D eigenvalue weighted by atomic mass is 15.2. The van der Waals surface area contributed by atoms with Gasteiger partial charge in [-0.15, -0.1) is 0 Å². The number of benzene rings is 1. The van der Waals surface area contributed by atoms with E-state index in [1.165, 1.54) is 43.2 Å². The minimum absolute atomic E-state index is 0.269. The van der Waals surface area contributed by atoms with Crippen molar-refractivity contribution in [3.8, 4) is 0 Å². The maximum Gasteiger partial charge on any atom is 0.0359 e. The molecule has 2 aliphatic heterocycles. The Labute approximate surface area is 109 Å². The molecule has 2 bridgehead atoms. The summed E-state index contributed by atoms with van der Waals surface area (Å²) in [6.07, 6.45) is 6.58. The van der Waals surface area contributed by atoms with Crippen molar-refractivity contribution in [2.24, 2.45) is 11.1 Å². The Kier molecular flexibility index (Phi) is 2.19. The molecule has 2 saturated heterocycles. The fourth-order valence-corrected chi connectivity index (χ4v) is 4.82. The predicted molar refractivity (Wildman–Crippen MR) is 73.3 cm³/mol. The normalized spacial score (nSPS) is 42.4. The molecule has 0 radical (unpaired) electrons. The van der Waals surface area contributed by atoms with Gasteiger partial charge in [0.25, 0.3) is 0 Å². The molecular weight excluding hydrogens is 220 g/mol. The van der Waals surface area contributed by atoms with E-state index in [0.29, 0.717) is 5.41 Å². The molecule has 4 atom stereocenters. The van der Waals surface area contributed by atoms with Crippen molar-refractivity contribution >= 4 is 0 Å². The monoisotopic (exact) mass is 242 g/mol. The molecule has 0 amide bonds. The number of nitrogens with zero attached hydrogens (tertiary/aromatic N) is 1. The lowest BCUT2D eigenvalue weighted by Crippen LogP contribution is -2.48. The Morgan fingerprint density at radius 2 is 1.83 bits per heavy atom. The summed E-state index contributed by atoms with van der Waals surface area (Å²) in [6.45, 7) is 0. The van der Waals surface area contributed by atoms with Crippen molar-refractivity contribution in [3.63, 3.8) is 0 Å². The number of hydrogen-bond donors (Lipinski definition) is 1. The highest BCUT2D eigenvalue weighted by molar-refractivity contribution is 5.38. The van der Waals surface area contributed by atoms with E-state index < -0.39 is 0 Å². The van der Waals surface area contributed by atoms with Crippen molar-refractivity contribution in [2.45, 2.75) is 50.2 Å². The van der Waals surface area contributed by atoms with E-state index in [9.17, 15) is 0 Å². The first-order chi connectivity index (χ1) is 8.70. The number of nitrogens with two attached hydrogens (primary N) is 1. The number of hydrogen-bond acceptors (Lipinski definition) is 2. The SMILES string of the molecule is CN1[C@@H]2CC[C@H]1C[C@]1(Cc3ccccc3[C@H]1N)C2. The van der Waals surface area contributed by atoms with Crippen LogP contribution in [-0.4, -0.2) is 24.0 Å². The fraction of sp³-hybridized carbons (Fsp3) is 0.625. The molecule has 0 aromatic heterocycles. The lowest BCUT2D eigenvalue weighted by atomic mass is 9.70. The summed E-state index contributed by atoms with van der Waals surface area (Å²) in [6, 6.07) is 10.7. The molecular formula is C16H22N2. The van der Waals surface area contributed by atoms with E-state index in [2.05, 4.69) is 36.2 Å². The van der Waals surface area contributed by atoms with Crippen LogP contribution in [0.1, 0.15) is 42.9 Å². The van der Waals surface area contributed by atoms with Crippen LogP contribution in [0.25, 0.3) is 0 Å². The van der Waals surface area contributed by atoms with Gasteiger partial charge < -0.3 is 10.6 Å². The van der Waals surface area contributed by atoms with Crippen LogP contribution in [0.3, 0.4) is 0 Å². The molecule has 1 aromatic rings. The van der Waals surface area contributed by atoms with Crippen LogP contribution in [0, 0.1) is 5.41 Å². The first-order valence-corrected chi connectivity index (χ1v) is 7.25. The van der Waals surface area contributed by atoms with Crippen LogP contribution in [0.2, 0.25) is 0 Å². The Morgan fingerprint density at radius 3 is 2.50 bits per heavy atom. The molecule has 2 fully saturated rings. The van der Waals surface area contributed by atoms with Crippen molar-refractivity contribution < 1.29 is 0 Å². The standard InChI is InChI=1S/C16H22N2/c1-18-12-6-7-13(18)10-16(9-12)8-11-4-2-3-5-14(11)15(16)17/h2-5,12-13,15H,6-10,17H2,1H3/t12-,13+,15-,16+/m1/s1. The molecule has 2 heteroatoms. The number of rotatable bonds is 0. The lowest BCUT2D eigenvalue weighted by molar-refractivity contribution is 0.0486. The molecule has 96 valence electrons. The van der Waals surface area contributed by atoms with E-state index in [4.69, 9.17) is 5.73 Å². The van der Waals surface area contributed by atoms with Crippen molar-refractivity contribution in [1.82, 2.24) is 4.90 Å². The average molecular weight is 242 g/mol. The minimum atomic E-state index is 0.269. The van der Waals surface area contributed by atoms with Gasteiger partial charge in [-0.1, -0.05) is 24.3 Å². The average Bonchev–Trinajstić information content (AvgIpc) is 2.75. The van der Waals surface area contributed by atoms with Crippen LogP contribution in [-0.2, 0) is 6.42 Å². The highest BCUT2D eigenvalue weighted by Crippen LogP contribution is 2.56. The quantitative estimate of drug-likeness (QED) is 0.757. The zero-order valence-corrected chi connectivity index (χ0v) is 11.1. The van der Waals surface area contributed by atoms with Gasteiger partial charge in [-0.2, -0.15) is 0 Å². The van der Waals surface area contributed by atoms with Crippen molar-refractivity contribution in [1.29, 1.82) is 0 Å². The summed E-state index contributed by atoms with van der Waals surface area (Å²) in [7, 11) is 2.31. The van der Waals surface area contributed by atoms with Gasteiger partial charge in [0.15, 0.2) is 0 Å². The molecule has 2 heterocycles. The van der Waals surface area contributed by atoms with Gasteiger partial charge in [0.1, 0.15) is 0 Å². The van der Waals surface area contributed by atoms with E-state index in [1.807, 2.05) is 0 Å². The first kappa shape index (κ1) is 11.0. The molecule has 4 rings (SSSR count). The Hall–Kier alpha value is -0.860. The zero-order valence-electron chi connectivity index (χ0n) is 11.1. The van der Waals surface area contributed by atoms with Crippen LogP contribution in [0.5, 0.6) is 0 Å². The summed E-state index contributed by atoms with van der Waals surface area (Å²) in [5.74, 6) is 0. The Morgan fingerprint density at radius 1 is 1.17 bits per heavy atom. The van der Waals surface area contributed by atoms with Gasteiger partial charge in [0, 0.05) is 18.1 Å². The first-order valence-electron chi connectivity index (χ1n) is 7.25. The third kappa shape index (κ3) is 1.31. The van der Waals surface area contributed by atoms with Gasteiger partial charge in [-0.25, -0.2) is 0 Å². The van der Waals surface area contributed by atoms with Gasteiger partial charge in [-0.05, 0) is 55.7 Å². The molecule has 1 aliphatic carbocycles. The zero-order chi connectivity index (χ0) is 12.3. The van der Waals surface area contributed by atoms with Crippen LogP contribution in [0.15, 0.2) is 24.3 Å². The van der Waals surface area contributed by atoms with Crippen molar-refractivity contribution in [3.05, 3.63) is 35.4 Å². The molecule has 1 spiro atoms. The van der Waals surface area contributed by atoms with Crippen LogP contribution < -0.4 is 5.73 Å². The Bertz CT molecular complexity index is 468. The fourth-order valence-electron chi connectivity index (χ4n) is 4.82. The predicted octanol–water partition coefficient (Wildman–Crippen LogP) is 2.49. The summed E-state index contributed by atoms with van der Waals surface area (Å²) in [4.78, 5) is 2.61. The lowest BCUT2D eigenvalue weighted by Gasteiger charge is -2.45. The van der Waals surface area contributed by atoms with Gasteiger partial charge in [0.05, 0.1) is 0 Å². The second kappa shape index (κ2) is 3.58. The smallest absolute Gasteiger partial charge is 0.0359 e. The van der Waals surface area contributed by atoms with Gasteiger partial charge in [0.2, 0.25) is 0 Å². The van der Waals surface area contributed by atoms with E-state index >= 15 is 0 Å². The van der Waals surface area contributed by atoms with Crippen LogP contribution in [0.4, 0.5) is 0 Å². The Balaban J connectivity index is 1.72. The molecule has 0 unspecified atom stereocenters. The topological polar surface area (TPSA) is 29.3 Å².